The summed E-state index contributed by atoms with van der Waals surface area (Å²) in [4.78, 5) is 64.9. The van der Waals surface area contributed by atoms with Gasteiger partial charge in [0.15, 0.2) is 5.84 Å². The topological polar surface area (TPSA) is 160 Å². The molecule has 1 saturated carbocycles. The Balaban J connectivity index is 0.763. The van der Waals surface area contributed by atoms with Gasteiger partial charge in [-0.1, -0.05) is 17.9 Å². The van der Waals surface area contributed by atoms with Crippen LogP contribution in [-0.2, 0) is 21.4 Å². The number of piperidine rings is 2. The van der Waals surface area contributed by atoms with Crippen LogP contribution in [0.25, 0.3) is 16.6 Å². The van der Waals surface area contributed by atoms with Crippen LogP contribution >= 0.6 is 0 Å². The third kappa shape index (κ3) is 8.80. The van der Waals surface area contributed by atoms with Crippen LogP contribution in [0, 0.1) is 29.6 Å². The maximum atomic E-state index is 14.3. The smallest absolute Gasteiger partial charge is 0.329 e. The number of amides is 3. The Morgan fingerprint density at radius 3 is 2.54 bits per heavy atom. The molecule has 15 nitrogen and oxygen atoms in total. The number of morpholine rings is 1. The molecule has 3 aromatic heterocycles. The van der Waals surface area contributed by atoms with E-state index < -0.39 is 36.2 Å². The molecular weight excluding hydrogens is 811 g/mol. The van der Waals surface area contributed by atoms with E-state index >= 15 is 0 Å². The number of aryl methyl sites for hydroxylation is 1. The lowest BCUT2D eigenvalue weighted by atomic mass is 9.80. The Hall–Kier alpha value is -5.73. The number of para-hydroxylation sites is 1. The van der Waals surface area contributed by atoms with Crippen LogP contribution in [-0.4, -0.2) is 110 Å². The molecule has 0 spiro atoms. The first-order valence-corrected chi connectivity index (χ1v) is 22.2. The van der Waals surface area contributed by atoms with E-state index in [0.717, 1.165) is 75.8 Å². The summed E-state index contributed by atoms with van der Waals surface area (Å²) >= 11 is 0. The Morgan fingerprint density at radius 2 is 1.79 bits per heavy atom. The number of alkyl halides is 2. The van der Waals surface area contributed by atoms with Gasteiger partial charge in [-0.2, -0.15) is 5.10 Å². The number of hydrogen-bond acceptors (Lipinski definition) is 10. The van der Waals surface area contributed by atoms with Crippen molar-refractivity contribution in [1.82, 2.24) is 34.3 Å². The van der Waals surface area contributed by atoms with Crippen molar-refractivity contribution in [3.8, 4) is 11.8 Å². The molecule has 0 radical (unpaired) electrons. The van der Waals surface area contributed by atoms with E-state index in [0.29, 0.717) is 48.1 Å². The molecule has 0 bridgehead atoms. The highest BCUT2D eigenvalue weighted by atomic mass is 19.3. The van der Waals surface area contributed by atoms with Crippen molar-refractivity contribution >= 4 is 51.5 Å². The lowest BCUT2D eigenvalue weighted by molar-refractivity contribution is -0.135. The summed E-state index contributed by atoms with van der Waals surface area (Å²) in [6, 6.07) is 8.66. The summed E-state index contributed by atoms with van der Waals surface area (Å²) in [5, 5.41) is 9.35. The number of benzene rings is 1. The lowest BCUT2D eigenvalue weighted by Gasteiger charge is -2.39. The highest BCUT2D eigenvalue weighted by Crippen LogP contribution is 2.36. The first-order chi connectivity index (χ1) is 30.3. The van der Waals surface area contributed by atoms with Crippen LogP contribution in [0.2, 0.25) is 0 Å². The van der Waals surface area contributed by atoms with Crippen molar-refractivity contribution in [2.45, 2.75) is 95.9 Å². The third-order valence-corrected chi connectivity index (χ3v) is 13.5. The second-order valence-corrected chi connectivity index (χ2v) is 18.3. The number of hydrogen-bond donors (Lipinski definition) is 2. The minimum absolute atomic E-state index is 0.0234. The number of nitrogens with one attached hydrogen (secondary N) is 2. The summed E-state index contributed by atoms with van der Waals surface area (Å²) < 4.78 is 39.1. The Morgan fingerprint density at radius 1 is 1.00 bits per heavy atom. The van der Waals surface area contributed by atoms with Gasteiger partial charge < -0.3 is 19.9 Å². The zero-order valence-electron chi connectivity index (χ0n) is 36.0. The molecule has 3 amide bonds. The SMILES string of the molecule is Cn1c(=O)n(C2CCC(=O)NC2=O)c2cccc(C#CCC3CCN(CC4CCC(C5N=C(NC(=O)c6cnn7ccc(N8CCOC(C)(C)C8)cc67)C(C(F)F)=N5)CC4)CC3)c21. The van der Waals surface area contributed by atoms with Gasteiger partial charge in [-0.3, -0.25) is 33.8 Å². The van der Waals surface area contributed by atoms with E-state index in [1.807, 2.05) is 44.2 Å². The number of nitrogens with zero attached hydrogens (tertiary/aromatic N) is 8. The highest BCUT2D eigenvalue weighted by Gasteiger charge is 2.37. The van der Waals surface area contributed by atoms with Gasteiger partial charge in [0.25, 0.3) is 12.3 Å². The number of pyridine rings is 1. The maximum Gasteiger partial charge on any atom is 0.329 e. The zero-order chi connectivity index (χ0) is 44.0. The van der Waals surface area contributed by atoms with Crippen LogP contribution in [0.5, 0.6) is 0 Å². The molecule has 2 unspecified atom stereocenters. The van der Waals surface area contributed by atoms with Gasteiger partial charge in [0.1, 0.15) is 17.9 Å². The molecule has 7 heterocycles. The molecule has 63 heavy (non-hydrogen) atoms. The fourth-order valence-electron chi connectivity index (χ4n) is 10.1. The summed E-state index contributed by atoms with van der Waals surface area (Å²) in [5.74, 6) is 6.18. The standard InChI is InChI=1S/C46H54F2N10O5/c1-46(2)27-56(22-23-63-46)32-18-21-57-36(24-32)33(25-49-57)43(60)53-42-38(40(47)48)51-41(52-42)31-12-10-29(11-13-31)26-55-19-16-28(17-20-55)6-4-7-30-8-5-9-34-39(30)54(3)45(62)58(34)35-14-15-37(59)50-44(35)61/h5,8-9,18,21,24-25,28-29,31,35,40-41H,6,10-17,19-20,22-23,26-27H2,1-3H3,(H,50,59,61)(H,52,53,60). The van der Waals surface area contributed by atoms with Crippen molar-refractivity contribution in [2.75, 3.05) is 44.2 Å². The van der Waals surface area contributed by atoms with Crippen LogP contribution in [0.1, 0.15) is 93.6 Å². The fourth-order valence-corrected chi connectivity index (χ4v) is 10.1. The largest absolute Gasteiger partial charge is 0.372 e. The normalized spacial score (nSPS) is 24.6. The Bertz CT molecular complexity index is 2620. The number of imidazole rings is 1. The number of imide groups is 1. The quantitative estimate of drug-likeness (QED) is 0.190. The number of fused-ring (bicyclic) bond motifs is 2. The van der Waals surface area contributed by atoms with E-state index in [2.05, 4.69) is 47.4 Å². The van der Waals surface area contributed by atoms with Crippen molar-refractivity contribution in [1.29, 1.82) is 0 Å². The molecule has 1 aliphatic carbocycles. The number of carbonyl (C=O) groups excluding carboxylic acids is 3. The molecular formula is C46H54F2N10O5. The number of aromatic nitrogens is 4. The van der Waals surface area contributed by atoms with E-state index in [1.54, 1.807) is 17.8 Å². The van der Waals surface area contributed by atoms with E-state index in [9.17, 15) is 28.0 Å². The van der Waals surface area contributed by atoms with Gasteiger partial charge >= 0.3 is 5.69 Å². The van der Waals surface area contributed by atoms with Crippen LogP contribution in [0.3, 0.4) is 0 Å². The third-order valence-electron chi connectivity index (χ3n) is 13.5. The van der Waals surface area contributed by atoms with E-state index in [1.165, 1.54) is 15.3 Å². The van der Waals surface area contributed by atoms with E-state index in [-0.39, 0.29) is 47.4 Å². The molecule has 9 rings (SSSR count). The molecule has 3 saturated heterocycles. The number of halogens is 2. The van der Waals surface area contributed by atoms with Gasteiger partial charge in [-0.05, 0) is 108 Å². The molecule has 17 heteroatoms. The molecule has 4 aromatic rings. The number of likely N-dealkylation sites (tertiary alicyclic amines) is 1. The first-order valence-electron chi connectivity index (χ1n) is 22.2. The van der Waals surface area contributed by atoms with Gasteiger partial charge in [0.05, 0.1) is 46.1 Å². The maximum absolute atomic E-state index is 14.3. The number of carbonyl (C=O) groups is 3. The second-order valence-electron chi connectivity index (χ2n) is 18.3. The number of ether oxygens (including phenoxy) is 1. The van der Waals surface area contributed by atoms with Gasteiger partial charge in [0, 0.05) is 57.3 Å². The summed E-state index contributed by atoms with van der Waals surface area (Å²) in [5.41, 5.74) is 2.71. The van der Waals surface area contributed by atoms with Crippen molar-refractivity contribution in [3.63, 3.8) is 0 Å². The zero-order valence-corrected chi connectivity index (χ0v) is 36.0. The van der Waals surface area contributed by atoms with Gasteiger partial charge in [-0.25, -0.2) is 23.1 Å². The lowest BCUT2D eigenvalue weighted by Crippen LogP contribution is -2.48. The minimum atomic E-state index is -2.87. The highest BCUT2D eigenvalue weighted by molar-refractivity contribution is 6.46. The molecule has 332 valence electrons. The second kappa shape index (κ2) is 17.4. The van der Waals surface area contributed by atoms with E-state index in [4.69, 9.17) is 4.74 Å². The average Bonchev–Trinajstić information content (AvgIpc) is 3.96. The average molecular weight is 865 g/mol. The number of aliphatic imine (C=N–C) groups is 2. The van der Waals surface area contributed by atoms with Gasteiger partial charge in [0.2, 0.25) is 11.8 Å². The summed E-state index contributed by atoms with van der Waals surface area (Å²) in [7, 11) is 1.69. The number of anilines is 1. The molecule has 1 aromatic carbocycles. The number of rotatable bonds is 8. The summed E-state index contributed by atoms with van der Waals surface area (Å²) in [6.45, 7) is 9.03. The fraction of sp³-hybridized carbons (Fsp3) is 0.543. The monoisotopic (exact) mass is 864 g/mol. The van der Waals surface area contributed by atoms with Gasteiger partial charge in [-0.15, -0.1) is 0 Å². The van der Waals surface area contributed by atoms with Crippen LogP contribution in [0.4, 0.5) is 14.5 Å². The molecule has 4 fully saturated rings. The predicted molar refractivity (Wildman–Crippen MR) is 234 cm³/mol. The van der Waals surface area contributed by atoms with Crippen LogP contribution < -0.4 is 21.2 Å². The molecule has 5 aliphatic rings. The Labute approximate surface area is 363 Å². The van der Waals surface area contributed by atoms with Crippen molar-refractivity contribution in [2.24, 2.45) is 34.8 Å². The first kappa shape index (κ1) is 42.6. The molecule has 4 aliphatic heterocycles. The Kier molecular flexibility index (Phi) is 11.8. The number of amidine groups is 1. The van der Waals surface area contributed by atoms with Crippen molar-refractivity contribution < 1.29 is 27.9 Å². The predicted octanol–water partition coefficient (Wildman–Crippen LogP) is 4.71. The molecule has 2 N–H and O–H groups in total. The minimum Gasteiger partial charge on any atom is -0.372 e. The van der Waals surface area contributed by atoms with Crippen molar-refractivity contribution in [3.05, 3.63) is 64.3 Å². The van der Waals surface area contributed by atoms with Crippen LogP contribution in [0.15, 0.2) is 57.5 Å². The summed E-state index contributed by atoms with van der Waals surface area (Å²) in [6.07, 6.45) is 6.60. The molecule has 2 atom stereocenters.